The van der Waals surface area contributed by atoms with Crippen molar-refractivity contribution < 1.29 is 32.3 Å². The lowest BCUT2D eigenvalue weighted by Gasteiger charge is -2.35. The van der Waals surface area contributed by atoms with E-state index in [1.165, 1.54) is 16.8 Å². The van der Waals surface area contributed by atoms with Crippen LogP contribution in [0, 0.1) is 12.7 Å². The molecule has 0 fully saturated rings. The molecule has 4 rings (SSSR count). The highest BCUT2D eigenvalue weighted by Gasteiger charge is 2.44. The van der Waals surface area contributed by atoms with Gasteiger partial charge in [0.25, 0.3) is 0 Å². The number of benzene rings is 2. The summed E-state index contributed by atoms with van der Waals surface area (Å²) in [5.74, 6) is -3.97. The van der Waals surface area contributed by atoms with Gasteiger partial charge in [-0.05, 0) is 53.3 Å². The van der Waals surface area contributed by atoms with E-state index in [1.807, 2.05) is 32.9 Å². The Balaban J connectivity index is 2.08. The van der Waals surface area contributed by atoms with Gasteiger partial charge in [-0.2, -0.15) is 13.2 Å². The lowest BCUT2D eigenvalue weighted by atomic mass is 9.80. The highest BCUT2D eigenvalue weighted by molar-refractivity contribution is 6.02. The fraction of sp³-hybridized carbons (Fsp3) is 0.276. The van der Waals surface area contributed by atoms with Crippen molar-refractivity contribution in [3.63, 3.8) is 0 Å². The zero-order valence-electron chi connectivity index (χ0n) is 21.7. The molecule has 0 aliphatic rings. The zero-order valence-corrected chi connectivity index (χ0v) is 21.7. The summed E-state index contributed by atoms with van der Waals surface area (Å²) in [7, 11) is 0. The predicted molar refractivity (Wildman–Crippen MR) is 138 cm³/mol. The first-order valence-electron chi connectivity index (χ1n) is 12.0. The van der Waals surface area contributed by atoms with Crippen LogP contribution in [0.5, 0.6) is 0 Å². The third-order valence-electron chi connectivity index (χ3n) is 6.85. The van der Waals surface area contributed by atoms with Crippen molar-refractivity contribution >= 4 is 22.8 Å². The van der Waals surface area contributed by atoms with Crippen molar-refractivity contribution in [3.05, 3.63) is 100 Å². The molecule has 2 aromatic heterocycles. The number of fused-ring (bicyclic) bond motifs is 1. The summed E-state index contributed by atoms with van der Waals surface area (Å²) >= 11 is 0. The van der Waals surface area contributed by atoms with E-state index in [4.69, 9.17) is 5.73 Å². The predicted octanol–water partition coefficient (Wildman–Crippen LogP) is 5.97. The quantitative estimate of drug-likeness (QED) is 0.294. The van der Waals surface area contributed by atoms with Gasteiger partial charge in [-0.15, -0.1) is 0 Å². The van der Waals surface area contributed by atoms with Gasteiger partial charge >= 0.3 is 12.1 Å². The van der Waals surface area contributed by atoms with Gasteiger partial charge in [-0.25, -0.2) is 14.2 Å². The van der Waals surface area contributed by atoms with E-state index in [1.54, 1.807) is 25.1 Å². The number of hydrogen-bond acceptors (Lipinski definition) is 3. The van der Waals surface area contributed by atoms with Gasteiger partial charge in [0.2, 0.25) is 5.91 Å². The molecule has 10 heteroatoms. The Morgan fingerprint density at radius 1 is 0.974 bits per heavy atom. The number of rotatable bonds is 6. The number of amides is 1. The largest absolute Gasteiger partial charge is 0.476 e. The summed E-state index contributed by atoms with van der Waals surface area (Å²) in [5, 5.41) is 10.3. The second-order valence-electron chi connectivity index (χ2n) is 10.6. The van der Waals surface area contributed by atoms with Gasteiger partial charge < -0.3 is 15.4 Å². The van der Waals surface area contributed by atoms with Gasteiger partial charge in [-0.3, -0.25) is 4.79 Å². The second kappa shape index (κ2) is 9.52. The van der Waals surface area contributed by atoms with E-state index in [0.717, 1.165) is 11.6 Å². The minimum atomic E-state index is -5.05. The first-order chi connectivity index (χ1) is 18.1. The van der Waals surface area contributed by atoms with Crippen LogP contribution < -0.4 is 5.73 Å². The van der Waals surface area contributed by atoms with Crippen LogP contribution in [0.4, 0.5) is 17.6 Å². The normalized spacial score (nSPS) is 13.8. The number of carbonyl (C=O) groups excluding carboxylic acids is 1. The lowest BCUT2D eigenvalue weighted by Crippen LogP contribution is -2.49. The van der Waals surface area contributed by atoms with Crippen LogP contribution in [-0.4, -0.2) is 26.5 Å². The maximum Gasteiger partial charge on any atom is 0.419 e. The number of carbonyl (C=O) groups is 2. The molecule has 2 aromatic carbocycles. The van der Waals surface area contributed by atoms with E-state index in [2.05, 4.69) is 4.98 Å². The number of pyridine rings is 1. The average molecular weight is 542 g/mol. The Morgan fingerprint density at radius 2 is 1.59 bits per heavy atom. The Kier molecular flexibility index (Phi) is 6.79. The highest BCUT2D eigenvalue weighted by Crippen LogP contribution is 2.40. The number of hydrogen-bond donors (Lipinski definition) is 2. The van der Waals surface area contributed by atoms with Gasteiger partial charge in [0.15, 0.2) is 11.2 Å². The minimum Gasteiger partial charge on any atom is -0.476 e. The van der Waals surface area contributed by atoms with E-state index in [-0.39, 0.29) is 22.9 Å². The third kappa shape index (κ3) is 4.98. The summed E-state index contributed by atoms with van der Waals surface area (Å²) in [6.07, 6.45) is -3.91. The number of nitrogens with zero attached hydrogens (tertiary/aromatic N) is 2. The number of aromatic carboxylic acids is 1. The van der Waals surface area contributed by atoms with E-state index >= 15 is 0 Å². The maximum absolute atomic E-state index is 14.3. The summed E-state index contributed by atoms with van der Waals surface area (Å²) in [6, 6.07) is 12.5. The smallest absolute Gasteiger partial charge is 0.419 e. The topological polar surface area (TPSA) is 98.2 Å². The molecule has 39 heavy (non-hydrogen) atoms. The second-order valence-corrected chi connectivity index (χ2v) is 10.6. The van der Waals surface area contributed by atoms with Crippen molar-refractivity contribution in [1.29, 1.82) is 0 Å². The Labute approximate surface area is 222 Å². The number of carboxylic acids is 1. The van der Waals surface area contributed by atoms with Gasteiger partial charge in [-0.1, -0.05) is 51.1 Å². The van der Waals surface area contributed by atoms with Gasteiger partial charge in [0, 0.05) is 23.7 Å². The molecule has 0 bridgehead atoms. The van der Waals surface area contributed by atoms with Crippen molar-refractivity contribution in [2.75, 3.05) is 0 Å². The number of carboxylic acid groups (broad SMARTS) is 1. The van der Waals surface area contributed by atoms with Crippen LogP contribution in [0.25, 0.3) is 10.9 Å². The summed E-state index contributed by atoms with van der Waals surface area (Å²) in [5.41, 5.74) is 3.41. The SMILES string of the molecule is Cc1cc2ccn(C(Cc3ccc(C(C)(C)C)cc3)(C(N)=O)c3ccc(F)c(C(F)(F)F)c3)c2c(C(=O)O)n1. The molecule has 1 atom stereocenters. The number of alkyl halides is 3. The molecule has 1 amide bonds. The van der Waals surface area contributed by atoms with Crippen LogP contribution >= 0.6 is 0 Å². The molecule has 204 valence electrons. The van der Waals surface area contributed by atoms with E-state index < -0.39 is 40.7 Å². The van der Waals surface area contributed by atoms with Crippen molar-refractivity contribution in [1.82, 2.24) is 9.55 Å². The van der Waals surface area contributed by atoms with Crippen molar-refractivity contribution in [2.45, 2.75) is 51.2 Å². The lowest BCUT2D eigenvalue weighted by molar-refractivity contribution is -0.140. The molecule has 2 heterocycles. The van der Waals surface area contributed by atoms with Crippen LogP contribution in [0.2, 0.25) is 0 Å². The molecule has 0 saturated heterocycles. The van der Waals surface area contributed by atoms with Gasteiger partial charge in [0.05, 0.1) is 11.1 Å². The molecule has 0 aliphatic heterocycles. The number of aryl methyl sites for hydroxylation is 1. The number of halogens is 4. The molecule has 4 aromatic rings. The standard InChI is InChI=1S/C29H27F4N3O3/c1-16-13-18-11-12-36(24(18)23(35-16)25(37)38)28(26(34)39,15-17-5-7-19(8-6-17)27(2,3)4)20-9-10-22(30)21(14-20)29(31,32)33/h5-14H,15H2,1-4H3,(H2,34,39)(H,37,38). The van der Waals surface area contributed by atoms with E-state index in [0.29, 0.717) is 28.8 Å². The monoisotopic (exact) mass is 541 g/mol. The molecule has 0 radical (unpaired) electrons. The molecule has 1 unspecified atom stereocenters. The summed E-state index contributed by atoms with van der Waals surface area (Å²) in [6.45, 7) is 7.64. The van der Waals surface area contributed by atoms with Crippen molar-refractivity contribution in [2.24, 2.45) is 5.73 Å². The maximum atomic E-state index is 14.3. The van der Waals surface area contributed by atoms with Gasteiger partial charge in [0.1, 0.15) is 5.82 Å². The van der Waals surface area contributed by atoms with Crippen LogP contribution in [0.1, 0.15) is 59.2 Å². The fourth-order valence-corrected chi connectivity index (χ4v) is 4.86. The average Bonchev–Trinajstić information content (AvgIpc) is 3.25. The molecular weight excluding hydrogens is 514 g/mol. The Hall–Kier alpha value is -4.21. The number of aromatic nitrogens is 2. The van der Waals surface area contributed by atoms with Crippen molar-refractivity contribution in [3.8, 4) is 0 Å². The fourth-order valence-electron chi connectivity index (χ4n) is 4.86. The van der Waals surface area contributed by atoms with Crippen LogP contribution in [0.15, 0.2) is 60.8 Å². The van der Waals surface area contributed by atoms with Crippen LogP contribution in [0.3, 0.4) is 0 Å². The van der Waals surface area contributed by atoms with Crippen LogP contribution in [-0.2, 0) is 28.3 Å². The zero-order chi connectivity index (χ0) is 28.9. The molecule has 0 spiro atoms. The highest BCUT2D eigenvalue weighted by atomic mass is 19.4. The first-order valence-corrected chi connectivity index (χ1v) is 12.0. The molecule has 0 aliphatic carbocycles. The minimum absolute atomic E-state index is 0.00362. The Morgan fingerprint density at radius 3 is 2.13 bits per heavy atom. The third-order valence-corrected chi connectivity index (χ3v) is 6.85. The molecule has 6 nitrogen and oxygen atoms in total. The van der Waals surface area contributed by atoms with E-state index in [9.17, 15) is 32.3 Å². The summed E-state index contributed by atoms with van der Waals surface area (Å²) in [4.78, 5) is 29.7. The number of primary amides is 1. The summed E-state index contributed by atoms with van der Waals surface area (Å²) < 4.78 is 56.8. The Bertz CT molecular complexity index is 1580. The molecule has 0 saturated carbocycles. The molecular formula is C29H27F4N3O3. The molecule has 3 N–H and O–H groups in total. The number of nitrogens with two attached hydrogens (primary N) is 1. The first kappa shape index (κ1) is 27.8.